The number of fused-ring (bicyclic) bond motifs is 11. The van der Waals surface area contributed by atoms with Crippen molar-refractivity contribution in [2.75, 3.05) is 0 Å². The summed E-state index contributed by atoms with van der Waals surface area (Å²) in [5, 5.41) is 6.96. The van der Waals surface area contributed by atoms with Crippen molar-refractivity contribution in [3.63, 3.8) is 0 Å². The van der Waals surface area contributed by atoms with E-state index in [1.165, 1.54) is 60.1 Å². The minimum absolute atomic E-state index is 0.355. The normalized spacial score (nSPS) is 20.5. The van der Waals surface area contributed by atoms with Crippen molar-refractivity contribution in [2.45, 2.75) is 24.6 Å². The Bertz CT molecular complexity index is 2240. The minimum atomic E-state index is 0.355. The van der Waals surface area contributed by atoms with Gasteiger partial charge in [-0.05, 0) is 59.6 Å². The van der Waals surface area contributed by atoms with Crippen molar-refractivity contribution >= 4 is 51.2 Å². The molecule has 182 valence electrons. The van der Waals surface area contributed by atoms with Gasteiger partial charge >= 0.3 is 0 Å². The molecule has 2 aliphatic carbocycles. The summed E-state index contributed by atoms with van der Waals surface area (Å²) in [4.78, 5) is 0. The van der Waals surface area contributed by atoms with E-state index in [-0.39, 0.29) is 0 Å². The van der Waals surface area contributed by atoms with Gasteiger partial charge in [-0.2, -0.15) is 0 Å². The second-order valence-electron chi connectivity index (χ2n) is 11.5. The van der Waals surface area contributed by atoms with Gasteiger partial charge in [0.1, 0.15) is 0 Å². The van der Waals surface area contributed by atoms with Crippen molar-refractivity contribution in [2.24, 2.45) is 0 Å². The molecule has 2 nitrogen and oxygen atoms in total. The third kappa shape index (κ3) is 2.37. The smallest absolute Gasteiger partial charge is 0.299 e. The number of benzene rings is 4. The Balaban J connectivity index is 1.40. The Morgan fingerprint density at radius 3 is 2.36 bits per heavy atom. The molecule has 3 heteroatoms. The number of allylic oxidation sites excluding steroid dienone is 4. The van der Waals surface area contributed by atoms with Gasteiger partial charge in [0.25, 0.3) is 6.85 Å². The summed E-state index contributed by atoms with van der Waals surface area (Å²) in [6, 6.07) is 36.0. The molecule has 0 amide bonds. The zero-order chi connectivity index (χ0) is 25.2. The quantitative estimate of drug-likeness (QED) is 0.220. The van der Waals surface area contributed by atoms with Crippen LogP contribution in [0.15, 0.2) is 120 Å². The predicted octanol–water partition coefficient (Wildman–Crippen LogP) is 6.89. The predicted molar refractivity (Wildman–Crippen MR) is 163 cm³/mol. The van der Waals surface area contributed by atoms with Crippen molar-refractivity contribution in [1.82, 2.24) is 9.05 Å². The topological polar surface area (TPSA) is 9.86 Å². The minimum Gasteiger partial charge on any atom is -0.380 e. The molecule has 0 radical (unpaired) electrons. The monoisotopic (exact) mass is 496 g/mol. The van der Waals surface area contributed by atoms with E-state index < -0.39 is 0 Å². The third-order valence-corrected chi connectivity index (χ3v) is 9.88. The first-order valence-corrected chi connectivity index (χ1v) is 14.2. The molecule has 0 bridgehead atoms. The highest BCUT2D eigenvalue weighted by atomic mass is 15.0. The Morgan fingerprint density at radius 1 is 0.692 bits per heavy atom. The van der Waals surface area contributed by atoms with Gasteiger partial charge < -0.3 is 9.05 Å². The standard InChI is InChI=1S/C36H25BN2/c1-2-10-22(11-3-1)38-31-18-6-4-12-23(31)28-20-21-30-33(36(28)38)29-17-8-14-25-27-16-9-15-26-24-13-5-7-19-32(24)39(35(26)27)37(30)34(25)29/h1-13,15-20,25,30H,14,21H2. The zero-order valence-electron chi connectivity index (χ0n) is 21.5. The fraction of sp³-hybridized carbons (Fsp3) is 0.111. The van der Waals surface area contributed by atoms with Crippen molar-refractivity contribution in [3.05, 3.63) is 136 Å². The highest BCUT2D eigenvalue weighted by molar-refractivity contribution is 6.74. The molecule has 0 saturated heterocycles. The number of nitrogens with zero attached hydrogens (tertiary/aromatic N) is 2. The van der Waals surface area contributed by atoms with E-state index >= 15 is 0 Å². The number of hydrogen-bond acceptors (Lipinski definition) is 0. The molecule has 2 aromatic heterocycles. The lowest BCUT2D eigenvalue weighted by Crippen LogP contribution is -2.40. The van der Waals surface area contributed by atoms with Gasteiger partial charge in [0.15, 0.2) is 0 Å². The first-order valence-electron chi connectivity index (χ1n) is 14.2. The van der Waals surface area contributed by atoms with Gasteiger partial charge in [-0.25, -0.2) is 0 Å². The van der Waals surface area contributed by atoms with Crippen LogP contribution < -0.4 is 10.6 Å². The van der Waals surface area contributed by atoms with E-state index in [4.69, 9.17) is 0 Å². The molecule has 10 rings (SSSR count). The van der Waals surface area contributed by atoms with Crippen LogP contribution >= 0.6 is 0 Å². The molecule has 0 N–H and O–H groups in total. The Kier molecular flexibility index (Phi) is 3.74. The summed E-state index contributed by atoms with van der Waals surface area (Å²) in [7, 11) is 0. The molecule has 0 fully saturated rings. The summed E-state index contributed by atoms with van der Waals surface area (Å²) in [6.07, 6.45) is 9.62. The van der Waals surface area contributed by atoms with Crippen LogP contribution in [0.3, 0.4) is 0 Å². The van der Waals surface area contributed by atoms with Crippen LogP contribution in [0.2, 0.25) is 5.82 Å². The number of rotatable bonds is 1. The number of aromatic nitrogens is 2. The second kappa shape index (κ2) is 7.12. The fourth-order valence-corrected chi connectivity index (χ4v) is 8.56. The van der Waals surface area contributed by atoms with E-state index in [1.807, 2.05) is 0 Å². The largest absolute Gasteiger partial charge is 0.380 e. The maximum Gasteiger partial charge on any atom is 0.299 e. The average Bonchev–Trinajstić information content (AvgIpc) is 3.63. The SMILES string of the molecule is C1=CC2=C3B(C4CC=c5c(n(-c6ccccc6)c6ccccc56)=C24)n2c4ccccc4c4cccc(c42)C3C1. The summed E-state index contributed by atoms with van der Waals surface area (Å²) >= 11 is 0. The van der Waals surface area contributed by atoms with E-state index in [2.05, 4.69) is 124 Å². The molecule has 4 aliphatic rings. The summed E-state index contributed by atoms with van der Waals surface area (Å²) in [5.41, 5.74) is 11.6. The number of hydrogen-bond donors (Lipinski definition) is 0. The molecule has 6 aromatic rings. The van der Waals surface area contributed by atoms with Gasteiger partial charge in [-0.3, -0.25) is 0 Å². The molecule has 0 spiro atoms. The lowest BCUT2D eigenvalue weighted by molar-refractivity contribution is 0.817. The van der Waals surface area contributed by atoms with E-state index in [1.54, 1.807) is 11.0 Å². The summed E-state index contributed by atoms with van der Waals surface area (Å²) in [6.45, 7) is 0.355. The van der Waals surface area contributed by atoms with Crippen LogP contribution in [0, 0.1) is 0 Å². The van der Waals surface area contributed by atoms with Crippen LogP contribution in [0.1, 0.15) is 24.3 Å². The van der Waals surface area contributed by atoms with Crippen LogP contribution in [0.5, 0.6) is 0 Å². The van der Waals surface area contributed by atoms with E-state index in [0.29, 0.717) is 18.6 Å². The van der Waals surface area contributed by atoms with Crippen LogP contribution in [0.25, 0.3) is 50.0 Å². The summed E-state index contributed by atoms with van der Waals surface area (Å²) in [5.74, 6) is 0.874. The van der Waals surface area contributed by atoms with Crippen LogP contribution in [-0.4, -0.2) is 15.9 Å². The van der Waals surface area contributed by atoms with Crippen molar-refractivity contribution < 1.29 is 0 Å². The molecule has 4 aromatic carbocycles. The fourth-order valence-electron chi connectivity index (χ4n) is 8.56. The highest BCUT2D eigenvalue weighted by Gasteiger charge is 2.51. The van der Waals surface area contributed by atoms with Gasteiger partial charge in [-0.15, -0.1) is 0 Å². The van der Waals surface area contributed by atoms with Gasteiger partial charge in [0.2, 0.25) is 0 Å². The lowest BCUT2D eigenvalue weighted by Gasteiger charge is -2.34. The molecule has 4 heterocycles. The molecule has 0 saturated carbocycles. The maximum atomic E-state index is 2.73. The first-order chi connectivity index (χ1) is 19.4. The molecular weight excluding hydrogens is 471 g/mol. The molecular formula is C36H25BN2. The van der Waals surface area contributed by atoms with Crippen molar-refractivity contribution in [1.29, 1.82) is 0 Å². The second-order valence-corrected chi connectivity index (χ2v) is 11.5. The lowest BCUT2D eigenvalue weighted by atomic mass is 9.42. The maximum absolute atomic E-state index is 2.73. The Labute approximate surface area is 226 Å². The Morgan fingerprint density at radius 2 is 1.46 bits per heavy atom. The molecule has 39 heavy (non-hydrogen) atoms. The molecule has 2 unspecified atom stereocenters. The molecule has 2 aliphatic heterocycles. The van der Waals surface area contributed by atoms with Crippen molar-refractivity contribution in [3.8, 4) is 5.69 Å². The van der Waals surface area contributed by atoms with Crippen LogP contribution in [0.4, 0.5) is 0 Å². The third-order valence-electron chi connectivity index (χ3n) is 9.88. The first kappa shape index (κ1) is 20.5. The van der Waals surface area contributed by atoms with Gasteiger partial charge in [0.05, 0.1) is 10.9 Å². The van der Waals surface area contributed by atoms with E-state index in [9.17, 15) is 0 Å². The summed E-state index contributed by atoms with van der Waals surface area (Å²) < 4.78 is 5.28. The van der Waals surface area contributed by atoms with Gasteiger partial charge in [-0.1, -0.05) is 96.5 Å². The van der Waals surface area contributed by atoms with Gasteiger partial charge in [0, 0.05) is 44.0 Å². The average molecular weight is 496 g/mol. The van der Waals surface area contributed by atoms with E-state index in [0.717, 1.165) is 12.8 Å². The zero-order valence-corrected chi connectivity index (χ0v) is 21.5. The Hall–Kier alpha value is -4.50. The molecule has 2 atom stereocenters. The number of para-hydroxylation sites is 4. The van der Waals surface area contributed by atoms with Crippen LogP contribution in [-0.2, 0) is 0 Å². The highest BCUT2D eigenvalue weighted by Crippen LogP contribution is 2.57.